The number of aryl methyl sites for hydroxylation is 1. The first-order valence-corrected chi connectivity index (χ1v) is 5.64. The lowest BCUT2D eigenvalue weighted by Gasteiger charge is -2.09. The summed E-state index contributed by atoms with van der Waals surface area (Å²) in [5.74, 6) is 1.46. The van der Waals surface area contributed by atoms with E-state index in [9.17, 15) is 0 Å². The molecule has 1 unspecified atom stereocenters. The lowest BCUT2D eigenvalue weighted by molar-refractivity contribution is 0.411. The summed E-state index contributed by atoms with van der Waals surface area (Å²) in [6, 6.07) is 5.73. The molecule has 1 atom stereocenters. The average molecular weight is 253 g/mol. The number of nitrogens with zero attached hydrogens (tertiary/aromatic N) is 4. The van der Waals surface area contributed by atoms with Gasteiger partial charge in [-0.3, -0.25) is 0 Å². The molecule has 0 amide bonds. The lowest BCUT2D eigenvalue weighted by Crippen LogP contribution is -2.04. The molecule has 1 heterocycles. The molecule has 0 fully saturated rings. The number of methoxy groups -OCH3 is 1. The summed E-state index contributed by atoms with van der Waals surface area (Å²) in [6.45, 7) is 3.80. The first-order chi connectivity index (χ1) is 8.13. The number of tetrazole rings is 1. The Morgan fingerprint density at radius 3 is 2.76 bits per heavy atom. The highest BCUT2D eigenvalue weighted by molar-refractivity contribution is 6.20. The Kier molecular flexibility index (Phi) is 3.28. The minimum atomic E-state index is -0.243. The fraction of sp³-hybridized carbons (Fsp3) is 0.364. The van der Waals surface area contributed by atoms with Crippen LogP contribution in [0.3, 0.4) is 0 Å². The van der Waals surface area contributed by atoms with Crippen LogP contribution in [0.2, 0.25) is 0 Å². The number of ether oxygens (including phenoxy) is 1. The van der Waals surface area contributed by atoms with Crippen LogP contribution in [0.1, 0.15) is 23.7 Å². The summed E-state index contributed by atoms with van der Waals surface area (Å²) in [6.07, 6.45) is 0. The van der Waals surface area contributed by atoms with Gasteiger partial charge in [-0.05, 0) is 48.0 Å². The molecule has 0 saturated carbocycles. The predicted molar refractivity (Wildman–Crippen MR) is 64.7 cm³/mol. The van der Waals surface area contributed by atoms with Crippen LogP contribution >= 0.6 is 11.6 Å². The topological polar surface area (TPSA) is 52.8 Å². The van der Waals surface area contributed by atoms with E-state index in [1.807, 2.05) is 32.0 Å². The number of hydrogen-bond donors (Lipinski definition) is 0. The molecule has 1 aromatic heterocycles. The Hall–Kier alpha value is -1.62. The van der Waals surface area contributed by atoms with E-state index in [1.165, 1.54) is 0 Å². The average Bonchev–Trinajstić information content (AvgIpc) is 2.77. The Morgan fingerprint density at radius 2 is 2.18 bits per heavy atom. The molecule has 90 valence electrons. The van der Waals surface area contributed by atoms with Crippen molar-refractivity contribution in [1.29, 1.82) is 0 Å². The molecule has 2 aromatic rings. The summed E-state index contributed by atoms with van der Waals surface area (Å²) >= 11 is 6.01. The molecular weight excluding hydrogens is 240 g/mol. The Morgan fingerprint density at radius 1 is 1.41 bits per heavy atom. The quantitative estimate of drug-likeness (QED) is 0.787. The van der Waals surface area contributed by atoms with E-state index < -0.39 is 0 Å². The Labute approximate surface area is 104 Å². The molecule has 1 aromatic carbocycles. The zero-order valence-electron chi connectivity index (χ0n) is 9.88. The summed E-state index contributed by atoms with van der Waals surface area (Å²) in [5.41, 5.74) is 1.89. The van der Waals surface area contributed by atoms with Crippen molar-refractivity contribution >= 4 is 11.6 Å². The molecule has 0 aliphatic heterocycles. The third-order valence-corrected chi connectivity index (χ3v) is 2.67. The van der Waals surface area contributed by atoms with Crippen LogP contribution < -0.4 is 4.74 Å². The van der Waals surface area contributed by atoms with Crippen molar-refractivity contribution in [2.75, 3.05) is 7.11 Å². The van der Waals surface area contributed by atoms with Crippen LogP contribution in [0.5, 0.6) is 5.75 Å². The van der Waals surface area contributed by atoms with Gasteiger partial charge in [0, 0.05) is 0 Å². The van der Waals surface area contributed by atoms with Gasteiger partial charge >= 0.3 is 0 Å². The Bertz CT molecular complexity index is 524. The number of alkyl halides is 1. The maximum atomic E-state index is 6.01. The van der Waals surface area contributed by atoms with E-state index in [4.69, 9.17) is 16.3 Å². The van der Waals surface area contributed by atoms with E-state index in [-0.39, 0.29) is 5.38 Å². The summed E-state index contributed by atoms with van der Waals surface area (Å²) in [4.78, 5) is 0. The second kappa shape index (κ2) is 4.71. The largest absolute Gasteiger partial charge is 0.496 e. The molecule has 0 saturated heterocycles. The first kappa shape index (κ1) is 11.9. The second-order valence-electron chi connectivity index (χ2n) is 3.72. The van der Waals surface area contributed by atoms with Gasteiger partial charge in [0.2, 0.25) is 0 Å². The van der Waals surface area contributed by atoms with E-state index >= 15 is 0 Å². The predicted octanol–water partition coefficient (Wildman–Crippen LogP) is 2.28. The van der Waals surface area contributed by atoms with Gasteiger partial charge in [-0.25, -0.2) is 0 Å². The monoisotopic (exact) mass is 252 g/mol. The number of halogens is 1. The minimum Gasteiger partial charge on any atom is -0.496 e. The molecule has 0 aliphatic carbocycles. The molecule has 2 rings (SSSR count). The zero-order valence-corrected chi connectivity index (χ0v) is 10.6. The SMILES string of the molecule is COc1ccc(-n2nnnc2C(C)Cl)cc1C. The molecule has 17 heavy (non-hydrogen) atoms. The van der Waals surface area contributed by atoms with Crippen LogP contribution in [0, 0.1) is 6.92 Å². The van der Waals surface area contributed by atoms with Crippen LogP contribution in [-0.2, 0) is 0 Å². The van der Waals surface area contributed by atoms with Gasteiger partial charge in [-0.15, -0.1) is 16.7 Å². The molecule has 0 N–H and O–H groups in total. The van der Waals surface area contributed by atoms with Crippen molar-refractivity contribution in [1.82, 2.24) is 20.2 Å². The summed E-state index contributed by atoms with van der Waals surface area (Å²) in [5, 5.41) is 11.2. The number of rotatable bonds is 3. The van der Waals surface area contributed by atoms with Crippen LogP contribution in [0.25, 0.3) is 5.69 Å². The third kappa shape index (κ3) is 2.24. The highest BCUT2D eigenvalue weighted by Crippen LogP contribution is 2.23. The van der Waals surface area contributed by atoms with Crippen molar-refractivity contribution in [3.63, 3.8) is 0 Å². The van der Waals surface area contributed by atoms with Crippen molar-refractivity contribution in [3.05, 3.63) is 29.6 Å². The molecule has 6 heteroatoms. The van der Waals surface area contributed by atoms with Crippen molar-refractivity contribution < 1.29 is 4.74 Å². The number of aromatic nitrogens is 4. The van der Waals surface area contributed by atoms with Gasteiger partial charge in [0.25, 0.3) is 0 Å². The molecule has 0 bridgehead atoms. The van der Waals surface area contributed by atoms with Crippen molar-refractivity contribution in [3.8, 4) is 11.4 Å². The molecule has 0 aliphatic rings. The fourth-order valence-corrected chi connectivity index (χ4v) is 1.76. The van der Waals surface area contributed by atoms with Gasteiger partial charge in [0.05, 0.1) is 18.2 Å². The standard InChI is InChI=1S/C11H13ClN4O/c1-7-6-9(4-5-10(7)17-3)16-11(8(2)12)13-14-15-16/h4-6,8H,1-3H3. The van der Waals surface area contributed by atoms with Crippen LogP contribution in [-0.4, -0.2) is 27.3 Å². The normalized spacial score (nSPS) is 12.5. The second-order valence-corrected chi connectivity index (χ2v) is 4.37. The number of benzene rings is 1. The van der Waals surface area contributed by atoms with E-state index in [0.29, 0.717) is 5.82 Å². The van der Waals surface area contributed by atoms with Gasteiger partial charge in [0.1, 0.15) is 5.75 Å². The first-order valence-electron chi connectivity index (χ1n) is 5.21. The van der Waals surface area contributed by atoms with Crippen molar-refractivity contribution in [2.24, 2.45) is 0 Å². The number of hydrogen-bond acceptors (Lipinski definition) is 4. The van der Waals surface area contributed by atoms with Crippen LogP contribution in [0.4, 0.5) is 0 Å². The van der Waals surface area contributed by atoms with E-state index in [1.54, 1.807) is 11.8 Å². The molecule has 0 spiro atoms. The maximum absolute atomic E-state index is 6.01. The minimum absolute atomic E-state index is 0.243. The Balaban J connectivity index is 2.46. The highest BCUT2D eigenvalue weighted by Gasteiger charge is 2.13. The van der Waals surface area contributed by atoms with Crippen molar-refractivity contribution in [2.45, 2.75) is 19.2 Å². The van der Waals surface area contributed by atoms with Gasteiger partial charge < -0.3 is 4.74 Å². The van der Waals surface area contributed by atoms with Crippen LogP contribution in [0.15, 0.2) is 18.2 Å². The molecular formula is C11H13ClN4O. The maximum Gasteiger partial charge on any atom is 0.174 e. The lowest BCUT2D eigenvalue weighted by atomic mass is 10.2. The van der Waals surface area contributed by atoms with Gasteiger partial charge in [0.15, 0.2) is 5.82 Å². The molecule has 5 nitrogen and oxygen atoms in total. The van der Waals surface area contributed by atoms with Gasteiger partial charge in [-0.1, -0.05) is 0 Å². The fourth-order valence-electron chi connectivity index (χ4n) is 1.62. The van der Waals surface area contributed by atoms with E-state index in [0.717, 1.165) is 17.0 Å². The highest BCUT2D eigenvalue weighted by atomic mass is 35.5. The zero-order chi connectivity index (χ0) is 12.4. The third-order valence-electron chi connectivity index (χ3n) is 2.47. The summed E-state index contributed by atoms with van der Waals surface area (Å²) in [7, 11) is 1.64. The molecule has 0 radical (unpaired) electrons. The summed E-state index contributed by atoms with van der Waals surface area (Å²) < 4.78 is 6.84. The van der Waals surface area contributed by atoms with Gasteiger partial charge in [-0.2, -0.15) is 4.68 Å². The van der Waals surface area contributed by atoms with E-state index in [2.05, 4.69) is 15.5 Å². The smallest absolute Gasteiger partial charge is 0.174 e.